The van der Waals surface area contributed by atoms with E-state index in [1.165, 1.54) is 7.11 Å². The number of morpholine rings is 1. The molecule has 0 radical (unpaired) electrons. The minimum absolute atomic E-state index is 0.0147. The number of allylic oxidation sites excluding steroid dienone is 2. The van der Waals surface area contributed by atoms with E-state index in [-0.39, 0.29) is 41.5 Å². The number of aliphatic hydroxyl groups is 2. The first kappa shape index (κ1) is 39.7. The zero-order chi connectivity index (χ0) is 40.0. The highest BCUT2D eigenvalue weighted by atomic mass is 16.6. The van der Waals surface area contributed by atoms with Crippen LogP contribution < -0.4 is 9.47 Å². The van der Waals surface area contributed by atoms with E-state index < -0.39 is 63.9 Å². The zero-order valence-electron chi connectivity index (χ0n) is 33.6. The number of hydrogen-bond donors (Lipinski definition) is 3. The molecule has 4 aliphatic heterocycles. The molecule has 3 N–H and O–H groups in total. The summed E-state index contributed by atoms with van der Waals surface area (Å²) in [6.07, 6.45) is 7.55. The summed E-state index contributed by atoms with van der Waals surface area (Å²) >= 11 is 0. The predicted octanol–water partition coefficient (Wildman–Crippen LogP) is 4.88. The Morgan fingerprint density at radius 3 is 2.42 bits per heavy atom. The number of carbonyl (C=O) groups is 3. The Balaban J connectivity index is 1.46. The van der Waals surface area contributed by atoms with E-state index >= 15 is 9.59 Å². The summed E-state index contributed by atoms with van der Waals surface area (Å²) in [5.41, 5.74) is -4.01. The second-order valence-corrected chi connectivity index (χ2v) is 18.0. The van der Waals surface area contributed by atoms with Crippen molar-refractivity contribution in [2.75, 3.05) is 33.4 Å². The summed E-state index contributed by atoms with van der Waals surface area (Å²) in [5, 5.41) is 33.3. The smallest absolute Gasteiger partial charge is 0.333 e. The quantitative estimate of drug-likeness (QED) is 0.169. The summed E-state index contributed by atoms with van der Waals surface area (Å²) in [5.74, 6) is -2.60. The van der Waals surface area contributed by atoms with E-state index in [0.717, 1.165) is 5.57 Å². The van der Waals surface area contributed by atoms with Crippen molar-refractivity contribution < 1.29 is 53.4 Å². The monoisotopic (exact) mass is 763 g/mol. The van der Waals surface area contributed by atoms with Crippen molar-refractivity contribution in [3.63, 3.8) is 0 Å². The number of esters is 1. The summed E-state index contributed by atoms with van der Waals surface area (Å²) in [6.45, 7) is 16.4. The van der Waals surface area contributed by atoms with Gasteiger partial charge in [-0.1, -0.05) is 17.7 Å². The van der Waals surface area contributed by atoms with Crippen molar-refractivity contribution in [1.29, 1.82) is 0 Å². The van der Waals surface area contributed by atoms with Gasteiger partial charge in [0.1, 0.15) is 28.4 Å². The van der Waals surface area contributed by atoms with Gasteiger partial charge in [-0.05, 0) is 93.2 Å². The van der Waals surface area contributed by atoms with Gasteiger partial charge in [-0.3, -0.25) is 14.5 Å². The molecule has 5 fully saturated rings. The summed E-state index contributed by atoms with van der Waals surface area (Å²) in [4.78, 5) is 45.8. The largest absolute Gasteiger partial charge is 0.506 e. The highest BCUT2D eigenvalue weighted by Gasteiger charge is 2.86. The van der Waals surface area contributed by atoms with E-state index in [2.05, 4.69) is 4.90 Å². The van der Waals surface area contributed by atoms with Gasteiger partial charge in [0.25, 0.3) is 0 Å². The third-order valence-corrected chi connectivity index (χ3v) is 13.2. The average molecular weight is 764 g/mol. The van der Waals surface area contributed by atoms with Crippen LogP contribution in [0.1, 0.15) is 103 Å². The highest BCUT2D eigenvalue weighted by Crippen LogP contribution is 2.71. The van der Waals surface area contributed by atoms with Gasteiger partial charge in [0.05, 0.1) is 49.1 Å². The second kappa shape index (κ2) is 13.5. The fraction of sp³-hybridized carbons (Fsp3) is 0.651. The number of phenolic OH excluding ortho intramolecular Hbond substituents is 1. The maximum atomic E-state index is 15.7. The molecule has 1 aromatic rings. The first-order chi connectivity index (χ1) is 25.7. The van der Waals surface area contributed by atoms with Crippen LogP contribution in [0.5, 0.6) is 17.2 Å². The molecule has 1 aromatic carbocycles. The van der Waals surface area contributed by atoms with Crippen molar-refractivity contribution in [3.05, 3.63) is 46.1 Å². The number of aromatic hydroxyl groups is 1. The molecule has 0 aromatic heterocycles. The third-order valence-electron chi connectivity index (χ3n) is 13.2. The highest BCUT2D eigenvalue weighted by molar-refractivity contribution is 6.10. The second-order valence-electron chi connectivity index (χ2n) is 18.0. The molecule has 300 valence electrons. The van der Waals surface area contributed by atoms with Gasteiger partial charge >= 0.3 is 5.97 Å². The Morgan fingerprint density at radius 1 is 1.09 bits per heavy atom. The molecule has 7 aliphatic rings. The van der Waals surface area contributed by atoms with Gasteiger partial charge in [-0.15, -0.1) is 0 Å². The van der Waals surface area contributed by atoms with Crippen LogP contribution in [0, 0.1) is 17.8 Å². The van der Waals surface area contributed by atoms with E-state index in [1.54, 1.807) is 32.9 Å². The van der Waals surface area contributed by atoms with Crippen LogP contribution in [0.25, 0.3) is 6.08 Å². The van der Waals surface area contributed by atoms with Crippen LogP contribution in [-0.4, -0.2) is 111 Å². The molecule has 12 heteroatoms. The van der Waals surface area contributed by atoms with Crippen molar-refractivity contribution in [3.8, 4) is 17.2 Å². The minimum atomic E-state index is -1.64. The molecule has 8 atom stereocenters. The number of fused-ring (bicyclic) bond motifs is 2. The maximum absolute atomic E-state index is 15.7. The summed E-state index contributed by atoms with van der Waals surface area (Å²) in [6, 6.07) is -0.529. The molecule has 8 rings (SSSR count). The van der Waals surface area contributed by atoms with E-state index in [4.69, 9.17) is 23.7 Å². The van der Waals surface area contributed by atoms with Crippen molar-refractivity contribution in [1.82, 2.24) is 4.90 Å². The molecule has 55 heavy (non-hydrogen) atoms. The maximum Gasteiger partial charge on any atom is 0.333 e. The SMILES string of the molecule is COC(=O)/C(C)=C\CC12OC(C)(C)C3CC(C1=O)C(N1CCOCC1)C1C(=O)c4c(O)c5c(c(CC=C(C)C)c4OC132)OC(C)(CCC(O)C(C)(C)O)C=C5. The van der Waals surface area contributed by atoms with Crippen LogP contribution in [0.3, 0.4) is 0 Å². The van der Waals surface area contributed by atoms with Crippen LogP contribution in [0.4, 0.5) is 0 Å². The first-order valence-electron chi connectivity index (χ1n) is 19.6. The molecule has 3 aliphatic carbocycles. The van der Waals surface area contributed by atoms with Crippen LogP contribution >= 0.6 is 0 Å². The molecular weight excluding hydrogens is 706 g/mol. The molecule has 4 heterocycles. The number of hydrogen-bond acceptors (Lipinski definition) is 12. The lowest BCUT2D eigenvalue weighted by Crippen LogP contribution is -2.82. The normalized spacial score (nSPS) is 33.9. The Kier molecular flexibility index (Phi) is 9.77. The molecule has 2 saturated heterocycles. The molecule has 4 bridgehead atoms. The number of carbonyl (C=O) groups excluding carboxylic acids is 3. The van der Waals surface area contributed by atoms with Gasteiger partial charge < -0.3 is 39.0 Å². The average Bonchev–Trinajstić information content (AvgIpc) is 3.27. The van der Waals surface area contributed by atoms with Crippen LogP contribution in [0.2, 0.25) is 0 Å². The lowest BCUT2D eigenvalue weighted by Gasteiger charge is -2.64. The zero-order valence-corrected chi connectivity index (χ0v) is 33.6. The molecule has 12 nitrogen and oxygen atoms in total. The Bertz CT molecular complexity index is 1880. The Labute approximate surface area is 323 Å². The Morgan fingerprint density at radius 2 is 1.78 bits per heavy atom. The first-order valence-corrected chi connectivity index (χ1v) is 19.6. The standard InChI is InChI=1S/C43H57NO11/c1-23(2)10-11-26-35-25(13-15-41(8,53-35)16-14-29(45)39(4,5)50)33(46)30-34(47)31-32(44-18-20-52-21-19-44)27-22-28-40(6,7)55-42(37(27)48,43(28,31)54-36(26)30)17-12-24(3)38(49)51-9/h10,12-13,15,27-29,31-32,45-46,50H,11,14,16-22H2,1-9H3/b24-12-. The predicted molar refractivity (Wildman–Crippen MR) is 203 cm³/mol. The summed E-state index contributed by atoms with van der Waals surface area (Å²) < 4.78 is 32.0. The summed E-state index contributed by atoms with van der Waals surface area (Å²) in [7, 11) is 1.30. The number of benzene rings is 1. The van der Waals surface area contributed by atoms with Crippen molar-refractivity contribution in [2.45, 2.75) is 128 Å². The number of nitrogens with zero attached hydrogens (tertiary/aromatic N) is 1. The van der Waals surface area contributed by atoms with Crippen LogP contribution in [0.15, 0.2) is 29.4 Å². The van der Waals surface area contributed by atoms with E-state index in [0.29, 0.717) is 68.0 Å². The fourth-order valence-electron chi connectivity index (χ4n) is 10.4. The fourth-order valence-corrected chi connectivity index (χ4v) is 10.4. The number of methoxy groups -OCH3 is 1. The number of phenols is 1. The van der Waals surface area contributed by atoms with Gasteiger partial charge in [0, 0.05) is 48.5 Å². The number of aliphatic hydroxyl groups excluding tert-OH is 1. The van der Waals surface area contributed by atoms with E-state index in [1.807, 2.05) is 46.8 Å². The van der Waals surface area contributed by atoms with E-state index in [9.17, 15) is 20.1 Å². The van der Waals surface area contributed by atoms with Gasteiger partial charge in [-0.2, -0.15) is 0 Å². The van der Waals surface area contributed by atoms with Gasteiger partial charge in [-0.25, -0.2) is 4.79 Å². The van der Waals surface area contributed by atoms with Gasteiger partial charge in [0.2, 0.25) is 0 Å². The topological polar surface area (TPSA) is 161 Å². The lowest BCUT2D eigenvalue weighted by molar-refractivity contribution is -0.216. The van der Waals surface area contributed by atoms with Crippen molar-refractivity contribution in [2.24, 2.45) is 17.8 Å². The minimum Gasteiger partial charge on any atom is -0.506 e. The number of ketones is 2. The van der Waals surface area contributed by atoms with Crippen molar-refractivity contribution >= 4 is 23.6 Å². The van der Waals surface area contributed by atoms with Gasteiger partial charge in [0.15, 0.2) is 22.8 Å². The number of rotatable bonds is 10. The molecule has 8 unspecified atom stereocenters. The number of Topliss-reactive ketones (excluding diaryl/α,β-unsaturated/α-hetero) is 2. The lowest BCUT2D eigenvalue weighted by atomic mass is 9.44. The third kappa shape index (κ3) is 6.00. The number of ether oxygens (including phenoxy) is 5. The molecule has 3 saturated carbocycles. The molecule has 1 spiro atoms. The molecule has 0 amide bonds. The van der Waals surface area contributed by atoms with Crippen LogP contribution in [-0.2, 0) is 30.2 Å². The Hall–Kier alpha value is -3.55. The molecular formula is C43H57NO11.